The van der Waals surface area contributed by atoms with Crippen LogP contribution in [0.25, 0.3) is 11.3 Å². The van der Waals surface area contributed by atoms with Gasteiger partial charge in [0.1, 0.15) is 12.4 Å². The van der Waals surface area contributed by atoms with E-state index in [1.54, 1.807) is 45.9 Å². The highest BCUT2D eigenvalue weighted by Gasteiger charge is 2.42. The van der Waals surface area contributed by atoms with Crippen LogP contribution in [0.15, 0.2) is 29.1 Å². The Morgan fingerprint density at radius 1 is 1.26 bits per heavy atom. The topological polar surface area (TPSA) is 119 Å². The average Bonchev–Trinajstić information content (AvgIpc) is 3.44. The molecule has 2 aromatic rings. The molecule has 3 rings (SSSR count). The van der Waals surface area contributed by atoms with Crippen molar-refractivity contribution in [1.82, 2.24) is 14.9 Å². The van der Waals surface area contributed by atoms with Crippen LogP contribution in [0.5, 0.6) is 0 Å². The van der Waals surface area contributed by atoms with Gasteiger partial charge in [0.2, 0.25) is 11.8 Å². The summed E-state index contributed by atoms with van der Waals surface area (Å²) >= 11 is 6.13. The van der Waals surface area contributed by atoms with Crippen molar-refractivity contribution in [2.75, 3.05) is 11.9 Å². The monoisotopic (exact) mass is 445 g/mol. The molecule has 1 aromatic heterocycles. The number of nitrogens with two attached hydrogens (primary N) is 1. The van der Waals surface area contributed by atoms with Gasteiger partial charge >= 0.3 is 0 Å². The minimum Gasteiger partial charge on any atom is -0.348 e. The molecule has 1 aliphatic carbocycles. The molecule has 0 spiro atoms. The first-order valence-corrected chi connectivity index (χ1v) is 10.5. The van der Waals surface area contributed by atoms with Crippen LogP contribution in [-0.2, 0) is 16.1 Å². The van der Waals surface area contributed by atoms with E-state index in [1.165, 1.54) is 10.6 Å². The van der Waals surface area contributed by atoms with Crippen molar-refractivity contribution >= 4 is 29.1 Å². The number of nitrogens with zero attached hydrogens (tertiary/aromatic N) is 2. The van der Waals surface area contributed by atoms with Gasteiger partial charge in [-0.05, 0) is 38.0 Å². The number of nitrogens with one attached hydrogen (secondary N) is 2. The normalized spacial score (nSPS) is 14.8. The van der Waals surface area contributed by atoms with E-state index in [0.29, 0.717) is 34.3 Å². The van der Waals surface area contributed by atoms with Crippen molar-refractivity contribution in [3.05, 3.63) is 45.5 Å². The van der Waals surface area contributed by atoms with Crippen LogP contribution >= 0.6 is 11.6 Å². The predicted molar refractivity (Wildman–Crippen MR) is 121 cm³/mol. The van der Waals surface area contributed by atoms with E-state index < -0.39 is 5.41 Å². The standard InChI is InChI=1S/C22H28ClN5O3/c1-13-25-17(10-19(30)28(13)11-18(29)27-22(12-24)7-8-22)15-6-5-14(23)9-16(15)26-20(31)21(2,3)4/h5-6,9-10H,7-8,11-12,24H2,1-4H3,(H,26,31)(H,27,29). The van der Waals surface area contributed by atoms with Gasteiger partial charge in [0.15, 0.2) is 0 Å². The maximum Gasteiger partial charge on any atom is 0.254 e. The van der Waals surface area contributed by atoms with Crippen LogP contribution in [0.4, 0.5) is 5.69 Å². The predicted octanol–water partition coefficient (Wildman–Crippen LogP) is 2.46. The summed E-state index contributed by atoms with van der Waals surface area (Å²) in [5.41, 5.74) is 5.83. The molecule has 1 fully saturated rings. The maximum absolute atomic E-state index is 12.8. The Morgan fingerprint density at radius 2 is 1.94 bits per heavy atom. The molecule has 31 heavy (non-hydrogen) atoms. The Hall–Kier alpha value is -2.71. The highest BCUT2D eigenvalue weighted by Crippen LogP contribution is 2.34. The van der Waals surface area contributed by atoms with Crippen LogP contribution < -0.4 is 21.9 Å². The van der Waals surface area contributed by atoms with E-state index in [0.717, 1.165) is 12.8 Å². The van der Waals surface area contributed by atoms with Crippen molar-refractivity contribution < 1.29 is 9.59 Å². The lowest BCUT2D eigenvalue weighted by molar-refractivity contribution is -0.123. The van der Waals surface area contributed by atoms with Crippen LogP contribution in [-0.4, -0.2) is 33.4 Å². The summed E-state index contributed by atoms with van der Waals surface area (Å²) in [6.07, 6.45) is 1.69. The molecule has 0 aliphatic heterocycles. The second kappa shape index (κ2) is 8.43. The molecule has 9 heteroatoms. The van der Waals surface area contributed by atoms with Crippen molar-refractivity contribution in [2.45, 2.75) is 52.6 Å². The Bertz CT molecular complexity index is 1080. The van der Waals surface area contributed by atoms with Gasteiger partial charge in [-0.2, -0.15) is 0 Å². The third-order valence-electron chi connectivity index (χ3n) is 5.34. The zero-order valence-electron chi connectivity index (χ0n) is 18.2. The van der Waals surface area contributed by atoms with E-state index in [4.69, 9.17) is 17.3 Å². The average molecular weight is 446 g/mol. The second-order valence-electron chi connectivity index (χ2n) is 9.04. The maximum atomic E-state index is 12.8. The molecule has 166 valence electrons. The molecule has 0 radical (unpaired) electrons. The lowest BCUT2D eigenvalue weighted by Gasteiger charge is -2.20. The number of aromatic nitrogens is 2. The van der Waals surface area contributed by atoms with Crippen LogP contribution in [0, 0.1) is 12.3 Å². The fourth-order valence-corrected chi connectivity index (χ4v) is 3.29. The SMILES string of the molecule is Cc1nc(-c2ccc(Cl)cc2NC(=O)C(C)(C)C)cc(=O)n1CC(=O)NC1(CN)CC1. The summed E-state index contributed by atoms with van der Waals surface area (Å²) in [6.45, 7) is 7.32. The molecule has 4 N–H and O–H groups in total. The summed E-state index contributed by atoms with van der Waals surface area (Å²) in [7, 11) is 0. The van der Waals surface area contributed by atoms with Crippen molar-refractivity contribution in [2.24, 2.45) is 11.1 Å². The van der Waals surface area contributed by atoms with Gasteiger partial charge in [0, 0.05) is 28.6 Å². The summed E-state index contributed by atoms with van der Waals surface area (Å²) in [6, 6.07) is 6.35. The van der Waals surface area contributed by atoms with Crippen LogP contribution in [0.2, 0.25) is 5.02 Å². The van der Waals surface area contributed by atoms with Crippen molar-refractivity contribution in [3.63, 3.8) is 0 Å². The molecule has 1 saturated carbocycles. The minimum absolute atomic E-state index is 0.131. The Labute approximate surface area is 186 Å². The zero-order valence-corrected chi connectivity index (χ0v) is 19.0. The van der Waals surface area contributed by atoms with E-state index in [1.807, 2.05) is 0 Å². The molecule has 0 atom stereocenters. The summed E-state index contributed by atoms with van der Waals surface area (Å²) < 4.78 is 1.31. The minimum atomic E-state index is -0.609. The number of halogens is 1. The van der Waals surface area contributed by atoms with Gasteiger partial charge in [0.05, 0.1) is 16.9 Å². The molecule has 8 nitrogen and oxygen atoms in total. The number of hydrogen-bond donors (Lipinski definition) is 3. The number of amides is 2. The van der Waals surface area contributed by atoms with Gasteiger partial charge in [-0.15, -0.1) is 0 Å². The second-order valence-corrected chi connectivity index (χ2v) is 9.48. The molecule has 1 heterocycles. The fourth-order valence-electron chi connectivity index (χ4n) is 3.11. The first kappa shape index (κ1) is 23.0. The van der Waals surface area contributed by atoms with Crippen molar-refractivity contribution in [1.29, 1.82) is 0 Å². The van der Waals surface area contributed by atoms with E-state index in [9.17, 15) is 14.4 Å². The smallest absolute Gasteiger partial charge is 0.254 e. The van der Waals surface area contributed by atoms with E-state index in [-0.39, 0.29) is 29.5 Å². The zero-order chi connectivity index (χ0) is 23.0. The first-order chi connectivity index (χ1) is 14.4. The van der Waals surface area contributed by atoms with Gasteiger partial charge in [0.25, 0.3) is 5.56 Å². The Kier molecular flexibility index (Phi) is 6.25. The van der Waals surface area contributed by atoms with Crippen molar-refractivity contribution in [3.8, 4) is 11.3 Å². The molecule has 1 aliphatic rings. The molecule has 0 bridgehead atoms. The fraction of sp³-hybridized carbons (Fsp3) is 0.455. The van der Waals surface area contributed by atoms with Gasteiger partial charge in [-0.3, -0.25) is 19.0 Å². The number of benzene rings is 1. The molecule has 0 saturated heterocycles. The van der Waals surface area contributed by atoms with Gasteiger partial charge in [-0.25, -0.2) is 4.98 Å². The summed E-state index contributed by atoms with van der Waals surface area (Å²) in [5, 5.41) is 6.22. The lowest BCUT2D eigenvalue weighted by atomic mass is 9.95. The number of hydrogen-bond acceptors (Lipinski definition) is 5. The Balaban J connectivity index is 1.90. The molecule has 1 aromatic carbocycles. The van der Waals surface area contributed by atoms with Gasteiger partial charge < -0.3 is 16.4 Å². The van der Waals surface area contributed by atoms with E-state index >= 15 is 0 Å². The number of carbonyl (C=O) groups is 2. The largest absolute Gasteiger partial charge is 0.348 e. The molecule has 2 amide bonds. The highest BCUT2D eigenvalue weighted by molar-refractivity contribution is 6.31. The lowest BCUT2D eigenvalue weighted by Crippen LogP contribution is -2.45. The Morgan fingerprint density at radius 3 is 2.48 bits per heavy atom. The van der Waals surface area contributed by atoms with Crippen LogP contribution in [0.1, 0.15) is 39.4 Å². The van der Waals surface area contributed by atoms with Crippen LogP contribution in [0.3, 0.4) is 0 Å². The van der Waals surface area contributed by atoms with Gasteiger partial charge in [-0.1, -0.05) is 32.4 Å². The quantitative estimate of drug-likeness (QED) is 0.631. The molecular formula is C22H28ClN5O3. The molecular weight excluding hydrogens is 418 g/mol. The van der Waals surface area contributed by atoms with E-state index in [2.05, 4.69) is 15.6 Å². The summed E-state index contributed by atoms with van der Waals surface area (Å²) in [4.78, 5) is 42.2. The first-order valence-electron chi connectivity index (χ1n) is 10.1. The number of rotatable bonds is 6. The molecule has 0 unspecified atom stereocenters. The highest BCUT2D eigenvalue weighted by atomic mass is 35.5. The number of carbonyl (C=O) groups excluding carboxylic acids is 2. The number of anilines is 1. The summed E-state index contributed by atoms with van der Waals surface area (Å²) in [5.74, 6) is -0.0720. The number of aryl methyl sites for hydroxylation is 1. The third-order valence-corrected chi connectivity index (χ3v) is 5.57. The third kappa shape index (κ3) is 5.32.